The first-order valence-electron chi connectivity index (χ1n) is 9.01. The lowest BCUT2D eigenvalue weighted by Gasteiger charge is -2.23. The zero-order valence-corrected chi connectivity index (χ0v) is 16.8. The Balaban J connectivity index is 1.96. The van der Waals surface area contributed by atoms with Gasteiger partial charge < -0.3 is 10.1 Å². The fraction of sp³-hybridized carbons (Fsp3) is 0.263. The maximum atomic E-state index is 13.2. The Bertz CT molecular complexity index is 1100. The molecule has 11 heteroatoms. The van der Waals surface area contributed by atoms with Crippen LogP contribution < -0.4 is 5.32 Å². The molecule has 1 saturated heterocycles. The molecule has 1 heterocycles. The number of nitro groups is 1. The van der Waals surface area contributed by atoms with Crippen molar-refractivity contribution in [1.29, 1.82) is 0 Å². The summed E-state index contributed by atoms with van der Waals surface area (Å²) in [6.45, 7) is 0.133. The third-order valence-electron chi connectivity index (χ3n) is 4.74. The van der Waals surface area contributed by atoms with Gasteiger partial charge in [0.05, 0.1) is 17.7 Å². The molecule has 0 aliphatic carbocycles. The molecule has 1 atom stereocenters. The molecule has 0 aromatic heterocycles. The molecule has 158 valence electrons. The number of rotatable bonds is 6. The van der Waals surface area contributed by atoms with Gasteiger partial charge in [0.2, 0.25) is 10.0 Å². The molecule has 1 amide bonds. The number of nitrogens with zero attached hydrogens (tertiary/aromatic N) is 2. The van der Waals surface area contributed by atoms with Gasteiger partial charge in [-0.3, -0.25) is 19.7 Å². The van der Waals surface area contributed by atoms with E-state index < -0.39 is 38.6 Å². The van der Waals surface area contributed by atoms with Crippen LogP contribution in [0.1, 0.15) is 23.2 Å². The first kappa shape index (κ1) is 21.4. The summed E-state index contributed by atoms with van der Waals surface area (Å²) >= 11 is 0. The third kappa shape index (κ3) is 4.02. The second-order valence-electron chi connectivity index (χ2n) is 6.52. The van der Waals surface area contributed by atoms with Crippen LogP contribution in [0.2, 0.25) is 0 Å². The van der Waals surface area contributed by atoms with Gasteiger partial charge >= 0.3 is 5.97 Å². The maximum Gasteiger partial charge on any atom is 0.324 e. The van der Waals surface area contributed by atoms with E-state index in [1.54, 1.807) is 0 Å². The minimum atomic E-state index is -4.14. The number of amides is 1. The highest BCUT2D eigenvalue weighted by Crippen LogP contribution is 2.31. The zero-order valence-electron chi connectivity index (χ0n) is 16.0. The Hall–Kier alpha value is -3.31. The molecule has 2 aromatic rings. The van der Waals surface area contributed by atoms with Crippen molar-refractivity contribution in [3.63, 3.8) is 0 Å². The molecule has 0 unspecified atom stereocenters. The Morgan fingerprint density at radius 2 is 1.83 bits per heavy atom. The van der Waals surface area contributed by atoms with Gasteiger partial charge in [-0.25, -0.2) is 8.42 Å². The lowest BCUT2D eigenvalue weighted by atomic mass is 10.1. The second kappa shape index (κ2) is 8.59. The highest BCUT2D eigenvalue weighted by molar-refractivity contribution is 7.89. The van der Waals surface area contributed by atoms with E-state index in [-0.39, 0.29) is 22.7 Å². The van der Waals surface area contributed by atoms with Crippen LogP contribution in [-0.2, 0) is 19.6 Å². The van der Waals surface area contributed by atoms with E-state index in [0.717, 1.165) is 4.31 Å². The number of methoxy groups -OCH3 is 1. The minimum Gasteiger partial charge on any atom is -0.468 e. The smallest absolute Gasteiger partial charge is 0.324 e. The van der Waals surface area contributed by atoms with Crippen molar-refractivity contribution in [2.24, 2.45) is 0 Å². The number of nitrogens with one attached hydrogen (secondary N) is 1. The number of carbonyl (C=O) groups is 2. The maximum absolute atomic E-state index is 13.2. The van der Waals surface area contributed by atoms with Crippen molar-refractivity contribution in [2.75, 3.05) is 19.0 Å². The second-order valence-corrected chi connectivity index (χ2v) is 8.38. The van der Waals surface area contributed by atoms with Crippen LogP contribution in [0.4, 0.5) is 11.4 Å². The summed E-state index contributed by atoms with van der Waals surface area (Å²) in [5.74, 6) is -1.48. The van der Waals surface area contributed by atoms with Gasteiger partial charge in [0.25, 0.3) is 11.6 Å². The number of para-hydroxylation sites is 2. The molecular weight excluding hydrogens is 414 g/mol. The van der Waals surface area contributed by atoms with Crippen LogP contribution in [0.15, 0.2) is 53.4 Å². The average Bonchev–Trinajstić information content (AvgIpc) is 3.24. The lowest BCUT2D eigenvalue weighted by molar-refractivity contribution is -0.385. The monoisotopic (exact) mass is 433 g/mol. The van der Waals surface area contributed by atoms with E-state index in [1.165, 1.54) is 55.6 Å². The van der Waals surface area contributed by atoms with E-state index in [0.29, 0.717) is 12.8 Å². The summed E-state index contributed by atoms with van der Waals surface area (Å²) in [5.41, 5.74) is -0.653. The van der Waals surface area contributed by atoms with Crippen molar-refractivity contribution < 1.29 is 27.7 Å². The average molecular weight is 433 g/mol. The topological polar surface area (TPSA) is 136 Å². The van der Waals surface area contributed by atoms with Gasteiger partial charge in [-0.1, -0.05) is 24.3 Å². The fourth-order valence-electron chi connectivity index (χ4n) is 3.34. The van der Waals surface area contributed by atoms with Gasteiger partial charge in [0.1, 0.15) is 16.5 Å². The molecule has 2 aromatic carbocycles. The van der Waals surface area contributed by atoms with E-state index in [4.69, 9.17) is 4.74 Å². The lowest BCUT2D eigenvalue weighted by Crippen LogP contribution is -2.41. The number of esters is 1. The first-order chi connectivity index (χ1) is 14.3. The van der Waals surface area contributed by atoms with E-state index in [2.05, 4.69) is 5.32 Å². The molecule has 1 N–H and O–H groups in total. The summed E-state index contributed by atoms with van der Waals surface area (Å²) in [4.78, 5) is 34.9. The largest absolute Gasteiger partial charge is 0.468 e. The number of anilines is 1. The summed E-state index contributed by atoms with van der Waals surface area (Å²) in [6, 6.07) is 10.1. The van der Waals surface area contributed by atoms with Crippen molar-refractivity contribution in [2.45, 2.75) is 23.8 Å². The highest BCUT2D eigenvalue weighted by atomic mass is 32.2. The van der Waals surface area contributed by atoms with Crippen LogP contribution in [0, 0.1) is 10.1 Å². The normalized spacial score (nSPS) is 16.8. The molecule has 0 saturated carbocycles. The van der Waals surface area contributed by atoms with Gasteiger partial charge in [-0.2, -0.15) is 4.31 Å². The molecule has 0 spiro atoms. The van der Waals surface area contributed by atoms with Crippen LogP contribution in [0.5, 0.6) is 0 Å². The van der Waals surface area contributed by atoms with Crippen molar-refractivity contribution in [3.8, 4) is 0 Å². The van der Waals surface area contributed by atoms with E-state index in [1.807, 2.05) is 0 Å². The Morgan fingerprint density at radius 3 is 2.53 bits per heavy atom. The molecule has 1 aliphatic heterocycles. The number of hydrogen-bond donors (Lipinski definition) is 1. The number of hydrogen-bond acceptors (Lipinski definition) is 7. The van der Waals surface area contributed by atoms with Gasteiger partial charge in [-0.15, -0.1) is 0 Å². The zero-order chi connectivity index (χ0) is 21.9. The molecule has 3 rings (SSSR count). The van der Waals surface area contributed by atoms with Crippen LogP contribution in [0.25, 0.3) is 0 Å². The van der Waals surface area contributed by atoms with E-state index in [9.17, 15) is 28.1 Å². The van der Waals surface area contributed by atoms with Gasteiger partial charge in [-0.05, 0) is 31.0 Å². The Morgan fingerprint density at radius 1 is 1.17 bits per heavy atom. The van der Waals surface area contributed by atoms with Crippen molar-refractivity contribution in [1.82, 2.24) is 4.31 Å². The summed E-state index contributed by atoms with van der Waals surface area (Å²) in [7, 11) is -2.96. The van der Waals surface area contributed by atoms with E-state index >= 15 is 0 Å². The van der Waals surface area contributed by atoms with Crippen molar-refractivity contribution in [3.05, 3.63) is 64.2 Å². The fourth-order valence-corrected chi connectivity index (χ4v) is 5.13. The number of nitro benzene ring substituents is 1. The molecule has 0 bridgehead atoms. The molecular formula is C19H19N3O7S. The molecule has 1 fully saturated rings. The van der Waals surface area contributed by atoms with Crippen LogP contribution in [-0.4, -0.2) is 49.2 Å². The molecule has 0 radical (unpaired) electrons. The number of carbonyl (C=O) groups excluding carboxylic acids is 2. The number of sulfonamides is 1. The predicted octanol–water partition coefficient (Wildman–Crippen LogP) is 2.17. The molecule has 1 aliphatic rings. The van der Waals surface area contributed by atoms with Crippen LogP contribution in [0.3, 0.4) is 0 Å². The highest BCUT2D eigenvalue weighted by Gasteiger charge is 2.41. The number of benzene rings is 2. The molecule has 30 heavy (non-hydrogen) atoms. The standard InChI is InChI=1S/C19H19N3O7S/c1-29-19(24)16-10-6-12-21(16)30(27,28)17-11-5-3-8-14(17)20-18(23)13-7-2-4-9-15(13)22(25)26/h2-5,7-9,11,16H,6,10,12H2,1H3,(H,20,23)/t16-/m0/s1. The van der Waals surface area contributed by atoms with Gasteiger partial charge in [0, 0.05) is 12.6 Å². The van der Waals surface area contributed by atoms with Crippen LogP contribution >= 0.6 is 0 Å². The summed E-state index contributed by atoms with van der Waals surface area (Å²) in [5, 5.41) is 13.6. The quantitative estimate of drug-likeness (QED) is 0.419. The van der Waals surface area contributed by atoms with Crippen molar-refractivity contribution >= 4 is 33.3 Å². The summed E-state index contributed by atoms with van der Waals surface area (Å²) < 4.78 is 32.2. The molecule has 10 nitrogen and oxygen atoms in total. The Labute approximate surface area is 172 Å². The summed E-state index contributed by atoms with van der Waals surface area (Å²) in [6.07, 6.45) is 0.820. The SMILES string of the molecule is COC(=O)[C@@H]1CCCN1S(=O)(=O)c1ccccc1NC(=O)c1ccccc1[N+](=O)[O-]. The van der Waals surface area contributed by atoms with Gasteiger partial charge in [0.15, 0.2) is 0 Å². The predicted molar refractivity (Wildman–Crippen MR) is 106 cm³/mol. The Kier molecular flexibility index (Phi) is 6.13. The first-order valence-corrected chi connectivity index (χ1v) is 10.4. The third-order valence-corrected chi connectivity index (χ3v) is 6.71. The minimum absolute atomic E-state index is 0.0452. The number of ether oxygens (including phenoxy) is 1.